The molecular formula is C26H31N3O4. The van der Waals surface area contributed by atoms with Gasteiger partial charge in [0.15, 0.2) is 0 Å². The van der Waals surface area contributed by atoms with E-state index in [1.807, 2.05) is 25.1 Å². The molecule has 3 atom stereocenters. The maximum absolute atomic E-state index is 13.3. The van der Waals surface area contributed by atoms with Gasteiger partial charge in [-0.25, -0.2) is 0 Å². The molecule has 2 aliphatic rings. The number of benzene rings is 2. The number of fused-ring (bicyclic) bond motifs is 1. The average molecular weight is 450 g/mol. The minimum atomic E-state index is -0.552. The van der Waals surface area contributed by atoms with Crippen molar-refractivity contribution in [2.24, 2.45) is 5.92 Å². The summed E-state index contributed by atoms with van der Waals surface area (Å²) < 4.78 is 5.40. The predicted octanol–water partition coefficient (Wildman–Crippen LogP) is 3.61. The Morgan fingerprint density at radius 3 is 2.45 bits per heavy atom. The van der Waals surface area contributed by atoms with Crippen LogP contribution in [0.3, 0.4) is 0 Å². The van der Waals surface area contributed by atoms with E-state index in [4.69, 9.17) is 4.74 Å². The van der Waals surface area contributed by atoms with E-state index in [0.29, 0.717) is 30.2 Å². The normalized spacial score (nSPS) is 21.7. The van der Waals surface area contributed by atoms with E-state index in [1.165, 1.54) is 0 Å². The molecule has 2 fully saturated rings. The number of carbonyl (C=O) groups excluding carboxylic acids is 3. The lowest BCUT2D eigenvalue weighted by atomic mass is 9.84. The third-order valence-corrected chi connectivity index (χ3v) is 6.52. The molecule has 3 unspecified atom stereocenters. The number of nitrogens with one attached hydrogen (secondary N) is 2. The molecule has 2 aromatic rings. The van der Waals surface area contributed by atoms with Crippen LogP contribution in [0.1, 0.15) is 49.4 Å². The van der Waals surface area contributed by atoms with Gasteiger partial charge >= 0.3 is 0 Å². The average Bonchev–Trinajstić information content (AvgIpc) is 3.24. The number of rotatable bonds is 7. The molecule has 2 N–H and O–H groups in total. The van der Waals surface area contributed by atoms with Crippen molar-refractivity contribution in [3.8, 4) is 5.75 Å². The van der Waals surface area contributed by atoms with Crippen molar-refractivity contribution in [2.45, 2.75) is 51.1 Å². The Morgan fingerprint density at radius 2 is 1.73 bits per heavy atom. The number of carbonyl (C=O) groups is 3. The zero-order chi connectivity index (χ0) is 23.2. The summed E-state index contributed by atoms with van der Waals surface area (Å²) in [6, 6.07) is 15.7. The molecule has 0 spiro atoms. The second-order valence-corrected chi connectivity index (χ2v) is 8.67. The second kappa shape index (κ2) is 10.5. The first-order chi connectivity index (χ1) is 16.1. The van der Waals surface area contributed by atoms with Crippen molar-refractivity contribution in [2.75, 3.05) is 18.5 Å². The van der Waals surface area contributed by atoms with Crippen LogP contribution in [0, 0.1) is 5.92 Å². The molecule has 3 amide bonds. The van der Waals surface area contributed by atoms with E-state index in [2.05, 4.69) is 10.6 Å². The summed E-state index contributed by atoms with van der Waals surface area (Å²) in [5.41, 5.74) is 1.22. The van der Waals surface area contributed by atoms with Crippen LogP contribution < -0.4 is 15.4 Å². The van der Waals surface area contributed by atoms with Crippen LogP contribution in [0.15, 0.2) is 54.6 Å². The Bertz CT molecular complexity index is 977. The second-order valence-electron chi connectivity index (χ2n) is 8.67. The van der Waals surface area contributed by atoms with Crippen LogP contribution in [-0.2, 0) is 9.59 Å². The molecule has 1 saturated carbocycles. The molecule has 1 heterocycles. The lowest BCUT2D eigenvalue weighted by molar-refractivity contribution is -0.127. The molecule has 4 rings (SSSR count). The number of hydrogen-bond donors (Lipinski definition) is 2. The fourth-order valence-electron chi connectivity index (χ4n) is 5.01. The molecule has 174 valence electrons. The largest absolute Gasteiger partial charge is 0.494 e. The smallest absolute Gasteiger partial charge is 0.254 e. The van der Waals surface area contributed by atoms with Gasteiger partial charge in [-0.1, -0.05) is 31.0 Å². The standard InChI is InChI=1S/C26H31N3O4/c1-2-33-21-14-12-20(13-15-21)28-24(30)17-27-25(31)23-16-19-10-6-7-11-22(19)29(23)26(32)18-8-4-3-5-9-18/h3-5,8-9,12-15,19,22-23H,2,6-7,10-11,16-17H2,1H3,(H,27,31)(H,28,30). The first-order valence-electron chi connectivity index (χ1n) is 11.7. The van der Waals surface area contributed by atoms with Crippen molar-refractivity contribution in [3.63, 3.8) is 0 Å². The first kappa shape index (κ1) is 22.8. The van der Waals surface area contributed by atoms with Crippen LogP contribution in [0.25, 0.3) is 0 Å². The summed E-state index contributed by atoms with van der Waals surface area (Å²) >= 11 is 0. The minimum absolute atomic E-state index is 0.0832. The van der Waals surface area contributed by atoms with E-state index in [-0.39, 0.29) is 30.3 Å². The van der Waals surface area contributed by atoms with Gasteiger partial charge < -0.3 is 20.3 Å². The van der Waals surface area contributed by atoms with Gasteiger partial charge in [-0.15, -0.1) is 0 Å². The van der Waals surface area contributed by atoms with Crippen molar-refractivity contribution in [1.82, 2.24) is 10.2 Å². The molecule has 1 aliphatic carbocycles. The molecule has 0 aromatic heterocycles. The molecule has 7 nitrogen and oxygen atoms in total. The highest BCUT2D eigenvalue weighted by molar-refractivity contribution is 5.99. The van der Waals surface area contributed by atoms with Gasteiger partial charge in [0.2, 0.25) is 11.8 Å². The Hall–Kier alpha value is -3.35. The van der Waals surface area contributed by atoms with Gasteiger partial charge in [0.1, 0.15) is 11.8 Å². The molecule has 1 saturated heterocycles. The van der Waals surface area contributed by atoms with Crippen molar-refractivity contribution >= 4 is 23.4 Å². The maximum atomic E-state index is 13.3. The SMILES string of the molecule is CCOc1ccc(NC(=O)CNC(=O)C2CC3CCCCC3N2C(=O)c2ccccc2)cc1. The van der Waals surface area contributed by atoms with E-state index in [0.717, 1.165) is 31.4 Å². The van der Waals surface area contributed by atoms with Crippen LogP contribution >= 0.6 is 0 Å². The molecule has 7 heteroatoms. The number of ether oxygens (including phenoxy) is 1. The van der Waals surface area contributed by atoms with Crippen LogP contribution in [-0.4, -0.2) is 47.9 Å². The lowest BCUT2D eigenvalue weighted by Crippen LogP contribution is -2.50. The molecular weight excluding hydrogens is 418 g/mol. The summed E-state index contributed by atoms with van der Waals surface area (Å²) in [6.07, 6.45) is 4.80. The number of amides is 3. The summed E-state index contributed by atoms with van der Waals surface area (Å²) in [6.45, 7) is 2.34. The quantitative estimate of drug-likeness (QED) is 0.676. The van der Waals surface area contributed by atoms with Gasteiger partial charge in [0, 0.05) is 17.3 Å². The molecule has 0 bridgehead atoms. The number of likely N-dealkylation sites (tertiary alicyclic amines) is 1. The molecule has 1 aliphatic heterocycles. The molecule has 33 heavy (non-hydrogen) atoms. The minimum Gasteiger partial charge on any atom is -0.494 e. The zero-order valence-electron chi connectivity index (χ0n) is 19.0. The van der Waals surface area contributed by atoms with Gasteiger partial charge in [0.25, 0.3) is 5.91 Å². The number of hydrogen-bond acceptors (Lipinski definition) is 4. The summed E-state index contributed by atoms with van der Waals surface area (Å²) in [4.78, 5) is 40.6. The maximum Gasteiger partial charge on any atom is 0.254 e. The third kappa shape index (κ3) is 5.35. The van der Waals surface area contributed by atoms with E-state index >= 15 is 0 Å². The van der Waals surface area contributed by atoms with E-state index in [1.54, 1.807) is 41.3 Å². The third-order valence-electron chi connectivity index (χ3n) is 6.52. The van der Waals surface area contributed by atoms with Gasteiger partial charge in [0.05, 0.1) is 13.2 Å². The van der Waals surface area contributed by atoms with Gasteiger partial charge in [-0.3, -0.25) is 14.4 Å². The highest BCUT2D eigenvalue weighted by Gasteiger charge is 2.47. The Kier molecular flexibility index (Phi) is 7.27. The summed E-state index contributed by atoms with van der Waals surface area (Å²) in [7, 11) is 0. The fourth-order valence-corrected chi connectivity index (χ4v) is 5.01. The Balaban J connectivity index is 1.39. The number of nitrogens with zero attached hydrogens (tertiary/aromatic N) is 1. The monoisotopic (exact) mass is 449 g/mol. The lowest BCUT2D eigenvalue weighted by Gasteiger charge is -2.33. The van der Waals surface area contributed by atoms with Crippen molar-refractivity contribution in [1.29, 1.82) is 0 Å². The summed E-state index contributed by atoms with van der Waals surface area (Å²) in [5.74, 6) is 0.373. The summed E-state index contributed by atoms with van der Waals surface area (Å²) in [5, 5.41) is 5.53. The van der Waals surface area contributed by atoms with E-state index in [9.17, 15) is 14.4 Å². The Morgan fingerprint density at radius 1 is 1.00 bits per heavy atom. The van der Waals surface area contributed by atoms with Gasteiger partial charge in [-0.2, -0.15) is 0 Å². The zero-order valence-corrected chi connectivity index (χ0v) is 19.0. The fraction of sp³-hybridized carbons (Fsp3) is 0.423. The number of anilines is 1. The van der Waals surface area contributed by atoms with Crippen LogP contribution in [0.5, 0.6) is 5.75 Å². The highest BCUT2D eigenvalue weighted by Crippen LogP contribution is 2.40. The molecule has 2 aromatic carbocycles. The topological polar surface area (TPSA) is 87.7 Å². The predicted molar refractivity (Wildman–Crippen MR) is 126 cm³/mol. The van der Waals surface area contributed by atoms with Crippen molar-refractivity contribution in [3.05, 3.63) is 60.2 Å². The first-order valence-corrected chi connectivity index (χ1v) is 11.7. The van der Waals surface area contributed by atoms with E-state index < -0.39 is 6.04 Å². The van der Waals surface area contributed by atoms with Gasteiger partial charge in [-0.05, 0) is 68.5 Å². The van der Waals surface area contributed by atoms with Crippen LogP contribution in [0.4, 0.5) is 5.69 Å². The molecule has 0 radical (unpaired) electrons. The van der Waals surface area contributed by atoms with Crippen LogP contribution in [0.2, 0.25) is 0 Å². The van der Waals surface area contributed by atoms with Crippen molar-refractivity contribution < 1.29 is 19.1 Å². The highest BCUT2D eigenvalue weighted by atomic mass is 16.5. The Labute approximate surface area is 194 Å².